The summed E-state index contributed by atoms with van der Waals surface area (Å²) >= 11 is 6.34. The third kappa shape index (κ3) is 4.07. The molecule has 184 valence electrons. The van der Waals surface area contributed by atoms with Crippen LogP contribution in [0.1, 0.15) is 45.4 Å². The van der Waals surface area contributed by atoms with E-state index in [0.29, 0.717) is 41.2 Å². The van der Waals surface area contributed by atoms with Gasteiger partial charge in [0.15, 0.2) is 5.78 Å². The average molecular weight is 506 g/mol. The molecular weight excluding hydrogens is 482 g/mol. The van der Waals surface area contributed by atoms with Gasteiger partial charge in [0.05, 0.1) is 21.3 Å². The van der Waals surface area contributed by atoms with Crippen LogP contribution >= 0.6 is 11.6 Å². The summed E-state index contributed by atoms with van der Waals surface area (Å²) in [7, 11) is 0. The Hall–Kier alpha value is -3.91. The monoisotopic (exact) mass is 505 g/mol. The number of nitrogens with zero attached hydrogens (tertiary/aromatic N) is 2. The number of nitro benzene ring substituents is 1. The summed E-state index contributed by atoms with van der Waals surface area (Å²) in [5.41, 5.74) is 2.74. The van der Waals surface area contributed by atoms with Crippen LogP contribution in [0.15, 0.2) is 70.3 Å². The number of fused-ring (bicyclic) bond motifs is 1. The van der Waals surface area contributed by atoms with Crippen molar-refractivity contribution < 1.29 is 18.9 Å². The first-order chi connectivity index (χ1) is 17.1. The van der Waals surface area contributed by atoms with E-state index < -0.39 is 11.0 Å². The molecule has 8 nitrogen and oxygen atoms in total. The number of amides is 1. The number of carbonyl (C=O) groups excluding carboxylic acids is 2. The maximum absolute atomic E-state index is 13.6. The van der Waals surface area contributed by atoms with Gasteiger partial charge in [-0.05, 0) is 42.2 Å². The van der Waals surface area contributed by atoms with E-state index in [-0.39, 0.29) is 27.8 Å². The zero-order valence-corrected chi connectivity index (χ0v) is 20.8. The molecular formula is C27H24ClN3O5. The van der Waals surface area contributed by atoms with Gasteiger partial charge in [-0.15, -0.1) is 0 Å². The van der Waals surface area contributed by atoms with E-state index >= 15 is 0 Å². The highest BCUT2D eigenvalue weighted by Crippen LogP contribution is 2.49. The van der Waals surface area contributed by atoms with Gasteiger partial charge in [-0.2, -0.15) is 0 Å². The number of nitrogens with one attached hydrogen (secondary N) is 1. The molecule has 0 fully saturated rings. The highest BCUT2D eigenvalue weighted by Gasteiger charge is 2.43. The molecule has 2 aliphatic rings. The smallest absolute Gasteiger partial charge is 0.270 e. The fourth-order valence-electron chi connectivity index (χ4n) is 5.07. The molecule has 3 aromatic rings. The second-order valence-corrected chi connectivity index (χ2v) is 10.3. The van der Waals surface area contributed by atoms with E-state index in [0.717, 1.165) is 11.4 Å². The maximum Gasteiger partial charge on any atom is 0.270 e. The lowest BCUT2D eigenvalue weighted by Gasteiger charge is -2.35. The van der Waals surface area contributed by atoms with Gasteiger partial charge in [0.1, 0.15) is 17.6 Å². The number of hydrogen-bond acceptors (Lipinski definition) is 6. The second kappa shape index (κ2) is 8.64. The molecule has 2 heterocycles. The van der Waals surface area contributed by atoms with E-state index in [2.05, 4.69) is 5.32 Å². The van der Waals surface area contributed by atoms with Gasteiger partial charge < -0.3 is 9.73 Å². The van der Waals surface area contributed by atoms with E-state index in [4.69, 9.17) is 16.0 Å². The van der Waals surface area contributed by atoms with E-state index in [1.807, 2.05) is 38.1 Å². The van der Waals surface area contributed by atoms with Crippen molar-refractivity contribution in [1.29, 1.82) is 0 Å². The van der Waals surface area contributed by atoms with Crippen LogP contribution in [0.25, 0.3) is 11.3 Å². The zero-order chi connectivity index (χ0) is 25.8. The SMILES string of the molecule is CC(=O)N1c2ccccc2NC2=C(C(=O)CC(C)(C)C2)C1c1ccc(-c2ccc([N+](=O)[O-])cc2Cl)o1. The number of nitro groups is 1. The van der Waals surface area contributed by atoms with Crippen molar-refractivity contribution in [2.75, 3.05) is 10.2 Å². The number of furan rings is 1. The first kappa shape index (κ1) is 23.8. The molecule has 2 aromatic carbocycles. The standard InChI is InChI=1S/C27H24ClN3O5/c1-15(32)30-21-7-5-4-6-19(21)29-20-13-27(2,3)14-22(33)25(20)26(30)24-11-10-23(36-24)17-9-8-16(31(34)35)12-18(17)28/h4-12,26,29H,13-14H2,1-3H3. The van der Waals surface area contributed by atoms with Crippen LogP contribution in [0.2, 0.25) is 5.02 Å². The summed E-state index contributed by atoms with van der Waals surface area (Å²) in [6.07, 6.45) is 0.972. The van der Waals surface area contributed by atoms with Crippen molar-refractivity contribution in [3.63, 3.8) is 0 Å². The molecule has 0 bridgehead atoms. The molecule has 1 unspecified atom stereocenters. The maximum atomic E-state index is 13.6. The molecule has 1 atom stereocenters. The van der Waals surface area contributed by atoms with E-state index in [1.165, 1.54) is 25.1 Å². The Kier molecular flexibility index (Phi) is 5.71. The third-order valence-corrected chi connectivity index (χ3v) is 6.88. The zero-order valence-electron chi connectivity index (χ0n) is 20.0. The Balaban J connectivity index is 1.69. The number of allylic oxidation sites excluding steroid dienone is 1. The molecule has 1 aliphatic carbocycles. The lowest BCUT2D eigenvalue weighted by Crippen LogP contribution is -2.38. The van der Waals surface area contributed by atoms with Gasteiger partial charge in [-0.25, -0.2) is 0 Å². The Morgan fingerprint density at radius 1 is 1.17 bits per heavy atom. The van der Waals surface area contributed by atoms with Crippen LogP contribution in [0.4, 0.5) is 17.1 Å². The molecule has 0 saturated heterocycles. The Morgan fingerprint density at radius 3 is 2.61 bits per heavy atom. The molecule has 5 rings (SSSR count). The lowest BCUT2D eigenvalue weighted by molar-refractivity contribution is -0.384. The average Bonchev–Trinajstić information content (AvgIpc) is 3.21. The summed E-state index contributed by atoms with van der Waals surface area (Å²) in [5, 5.41) is 14.7. The molecule has 0 saturated carbocycles. The Labute approximate surface area is 212 Å². The van der Waals surface area contributed by atoms with Crippen molar-refractivity contribution in [3.05, 3.63) is 86.8 Å². The fourth-order valence-corrected chi connectivity index (χ4v) is 5.33. The third-order valence-electron chi connectivity index (χ3n) is 6.57. The summed E-state index contributed by atoms with van der Waals surface area (Å²) in [6, 6.07) is 14.2. The van der Waals surface area contributed by atoms with Crippen molar-refractivity contribution in [2.24, 2.45) is 5.41 Å². The summed E-state index contributed by atoms with van der Waals surface area (Å²) in [5.74, 6) is 0.481. The van der Waals surface area contributed by atoms with Crippen molar-refractivity contribution in [2.45, 2.75) is 39.7 Å². The van der Waals surface area contributed by atoms with Gasteiger partial charge in [-0.1, -0.05) is 37.6 Å². The van der Waals surface area contributed by atoms with Crippen LogP contribution in [-0.2, 0) is 9.59 Å². The number of non-ortho nitro benzene ring substituents is 1. The van der Waals surface area contributed by atoms with E-state index in [1.54, 1.807) is 17.0 Å². The summed E-state index contributed by atoms with van der Waals surface area (Å²) < 4.78 is 6.23. The highest BCUT2D eigenvalue weighted by molar-refractivity contribution is 6.33. The second-order valence-electron chi connectivity index (χ2n) is 9.89. The predicted molar refractivity (Wildman–Crippen MR) is 137 cm³/mol. The van der Waals surface area contributed by atoms with E-state index in [9.17, 15) is 19.7 Å². The number of carbonyl (C=O) groups is 2. The molecule has 1 aliphatic heterocycles. The number of rotatable bonds is 3. The van der Waals surface area contributed by atoms with Gasteiger partial charge in [0.2, 0.25) is 5.91 Å². The topological polar surface area (TPSA) is 106 Å². The molecule has 36 heavy (non-hydrogen) atoms. The summed E-state index contributed by atoms with van der Waals surface area (Å²) in [4.78, 5) is 38.8. The van der Waals surface area contributed by atoms with Crippen LogP contribution in [0.3, 0.4) is 0 Å². The van der Waals surface area contributed by atoms with Gasteiger partial charge in [0.25, 0.3) is 5.69 Å². The molecule has 1 N–H and O–H groups in total. The van der Waals surface area contributed by atoms with Crippen LogP contribution in [0.5, 0.6) is 0 Å². The molecule has 1 amide bonds. The number of benzene rings is 2. The minimum Gasteiger partial charge on any atom is -0.458 e. The minimum atomic E-state index is -0.789. The largest absolute Gasteiger partial charge is 0.458 e. The van der Waals surface area contributed by atoms with Crippen LogP contribution < -0.4 is 10.2 Å². The Bertz CT molecular complexity index is 1460. The number of hydrogen-bond donors (Lipinski definition) is 1. The predicted octanol–water partition coefficient (Wildman–Crippen LogP) is 6.67. The number of ketones is 1. The van der Waals surface area contributed by atoms with Gasteiger partial charge in [0, 0.05) is 42.3 Å². The number of anilines is 2. The minimum absolute atomic E-state index is 0.0517. The fraction of sp³-hybridized carbons (Fsp3) is 0.259. The molecule has 9 heteroatoms. The number of para-hydroxylation sites is 2. The van der Waals surface area contributed by atoms with Gasteiger partial charge >= 0.3 is 0 Å². The molecule has 1 aromatic heterocycles. The molecule has 0 spiro atoms. The van der Waals surface area contributed by atoms with Gasteiger partial charge in [-0.3, -0.25) is 24.6 Å². The number of halogens is 1. The first-order valence-corrected chi connectivity index (χ1v) is 11.9. The normalized spacial score (nSPS) is 18.7. The number of Topliss-reactive ketones (excluding diaryl/α,β-unsaturated/α-hetero) is 1. The summed E-state index contributed by atoms with van der Waals surface area (Å²) in [6.45, 7) is 5.56. The van der Waals surface area contributed by atoms with Crippen molar-refractivity contribution in [1.82, 2.24) is 0 Å². The van der Waals surface area contributed by atoms with Crippen LogP contribution in [0, 0.1) is 15.5 Å². The highest BCUT2D eigenvalue weighted by atomic mass is 35.5. The quantitative estimate of drug-likeness (QED) is 0.314. The lowest BCUT2D eigenvalue weighted by atomic mass is 9.74. The van der Waals surface area contributed by atoms with Crippen molar-refractivity contribution >= 4 is 40.4 Å². The molecule has 0 radical (unpaired) electrons. The van der Waals surface area contributed by atoms with Crippen molar-refractivity contribution in [3.8, 4) is 11.3 Å². The Morgan fingerprint density at radius 2 is 1.92 bits per heavy atom. The first-order valence-electron chi connectivity index (χ1n) is 11.5. The van der Waals surface area contributed by atoms with Crippen LogP contribution in [-0.4, -0.2) is 16.6 Å².